The lowest BCUT2D eigenvalue weighted by Gasteiger charge is -2.10. The minimum atomic E-state index is -0.555. The molecule has 0 aliphatic carbocycles. The molecule has 1 heterocycles. The molecule has 1 aromatic rings. The van der Waals surface area contributed by atoms with Crippen molar-refractivity contribution in [2.24, 2.45) is 5.92 Å². The molecular formula is C11H13F2NO. The third-order valence-corrected chi connectivity index (χ3v) is 2.48. The smallest absolute Gasteiger partial charge is 0.128 e. The van der Waals surface area contributed by atoms with Crippen molar-refractivity contribution in [3.8, 4) is 0 Å². The second-order valence-electron chi connectivity index (χ2n) is 3.77. The Morgan fingerprint density at radius 1 is 1.27 bits per heavy atom. The van der Waals surface area contributed by atoms with Gasteiger partial charge in [0, 0.05) is 30.8 Å². The maximum absolute atomic E-state index is 12.8. The number of halogens is 2. The van der Waals surface area contributed by atoms with E-state index in [1.807, 2.05) is 0 Å². The van der Waals surface area contributed by atoms with E-state index in [1.54, 1.807) is 0 Å². The van der Waals surface area contributed by atoms with Gasteiger partial charge >= 0.3 is 0 Å². The number of rotatable bonds is 3. The van der Waals surface area contributed by atoms with Crippen molar-refractivity contribution in [1.29, 1.82) is 0 Å². The summed E-state index contributed by atoms with van der Waals surface area (Å²) < 4.78 is 30.9. The Hall–Kier alpha value is -1.16. The van der Waals surface area contributed by atoms with E-state index in [-0.39, 0.29) is 0 Å². The molecule has 0 bridgehead atoms. The van der Waals surface area contributed by atoms with Gasteiger partial charge in [0.25, 0.3) is 0 Å². The monoisotopic (exact) mass is 213 g/mol. The Bertz CT molecular complexity index is 317. The van der Waals surface area contributed by atoms with Crippen LogP contribution in [0, 0.1) is 17.6 Å². The normalized spacial score (nSPS) is 20.5. The Kier molecular flexibility index (Phi) is 3.16. The second kappa shape index (κ2) is 4.57. The van der Waals surface area contributed by atoms with Crippen LogP contribution in [0.3, 0.4) is 0 Å². The van der Waals surface area contributed by atoms with E-state index >= 15 is 0 Å². The molecule has 4 heteroatoms. The van der Waals surface area contributed by atoms with Crippen LogP contribution < -0.4 is 5.32 Å². The summed E-state index contributed by atoms with van der Waals surface area (Å²) in [6.45, 7) is 2.21. The van der Waals surface area contributed by atoms with Crippen LogP contribution in [-0.2, 0) is 4.74 Å². The van der Waals surface area contributed by atoms with Crippen molar-refractivity contribution in [3.63, 3.8) is 0 Å². The number of hydrogen-bond donors (Lipinski definition) is 1. The van der Waals surface area contributed by atoms with Gasteiger partial charge in [-0.15, -0.1) is 0 Å². The van der Waals surface area contributed by atoms with E-state index in [2.05, 4.69) is 5.32 Å². The zero-order valence-corrected chi connectivity index (χ0v) is 8.30. The van der Waals surface area contributed by atoms with Crippen LogP contribution in [0.25, 0.3) is 0 Å². The van der Waals surface area contributed by atoms with Crippen molar-refractivity contribution >= 4 is 5.69 Å². The average molecular weight is 213 g/mol. The summed E-state index contributed by atoms with van der Waals surface area (Å²) in [5, 5.41) is 3.01. The molecule has 0 aromatic heterocycles. The highest BCUT2D eigenvalue weighted by molar-refractivity contribution is 5.43. The molecule has 0 radical (unpaired) electrons. The molecule has 15 heavy (non-hydrogen) atoms. The van der Waals surface area contributed by atoms with Crippen molar-refractivity contribution in [2.45, 2.75) is 6.42 Å². The number of ether oxygens (including phenoxy) is 1. The molecule has 1 aromatic carbocycles. The third-order valence-electron chi connectivity index (χ3n) is 2.48. The van der Waals surface area contributed by atoms with Crippen LogP contribution >= 0.6 is 0 Å². The molecule has 2 rings (SSSR count). The molecule has 1 unspecified atom stereocenters. The molecule has 1 saturated heterocycles. The number of hydrogen-bond acceptors (Lipinski definition) is 2. The van der Waals surface area contributed by atoms with Gasteiger partial charge in [-0.2, -0.15) is 0 Å². The zero-order chi connectivity index (χ0) is 10.7. The topological polar surface area (TPSA) is 21.3 Å². The van der Waals surface area contributed by atoms with Gasteiger partial charge in [-0.3, -0.25) is 0 Å². The highest BCUT2D eigenvalue weighted by Crippen LogP contribution is 2.16. The molecule has 2 nitrogen and oxygen atoms in total. The quantitative estimate of drug-likeness (QED) is 0.832. The minimum absolute atomic E-state index is 0.441. The lowest BCUT2D eigenvalue weighted by molar-refractivity contribution is 0.187. The molecule has 82 valence electrons. The Labute approximate surface area is 87.2 Å². The van der Waals surface area contributed by atoms with Crippen LogP contribution in [0.5, 0.6) is 0 Å². The summed E-state index contributed by atoms with van der Waals surface area (Å²) in [7, 11) is 0. The maximum atomic E-state index is 12.8. The van der Waals surface area contributed by atoms with Crippen molar-refractivity contribution < 1.29 is 13.5 Å². The molecule has 0 saturated carbocycles. The fourth-order valence-corrected chi connectivity index (χ4v) is 1.66. The lowest BCUT2D eigenvalue weighted by atomic mass is 10.1. The molecule has 0 spiro atoms. The predicted molar refractivity (Wildman–Crippen MR) is 53.8 cm³/mol. The van der Waals surface area contributed by atoms with Crippen LogP contribution in [0.1, 0.15) is 6.42 Å². The van der Waals surface area contributed by atoms with E-state index in [0.717, 1.165) is 25.7 Å². The van der Waals surface area contributed by atoms with Gasteiger partial charge in [0.15, 0.2) is 0 Å². The van der Waals surface area contributed by atoms with Crippen LogP contribution in [-0.4, -0.2) is 19.8 Å². The van der Waals surface area contributed by atoms with E-state index in [1.165, 1.54) is 12.1 Å². The molecular weight excluding hydrogens is 200 g/mol. The largest absolute Gasteiger partial charge is 0.385 e. The van der Waals surface area contributed by atoms with Gasteiger partial charge < -0.3 is 10.1 Å². The van der Waals surface area contributed by atoms with Gasteiger partial charge in [0.2, 0.25) is 0 Å². The van der Waals surface area contributed by atoms with Gasteiger partial charge in [-0.1, -0.05) is 0 Å². The highest BCUT2D eigenvalue weighted by Gasteiger charge is 2.15. The summed E-state index contributed by atoms with van der Waals surface area (Å²) in [4.78, 5) is 0. The number of benzene rings is 1. The maximum Gasteiger partial charge on any atom is 0.128 e. The van der Waals surface area contributed by atoms with Crippen molar-refractivity contribution in [3.05, 3.63) is 29.8 Å². The van der Waals surface area contributed by atoms with Crippen molar-refractivity contribution in [2.75, 3.05) is 25.1 Å². The fraction of sp³-hybridized carbons (Fsp3) is 0.455. The van der Waals surface area contributed by atoms with E-state index in [9.17, 15) is 8.78 Å². The summed E-state index contributed by atoms with van der Waals surface area (Å²) in [5.41, 5.74) is 0.486. The standard InChI is InChI=1S/C11H13F2NO/c12-9-3-10(13)5-11(4-9)14-6-8-1-2-15-7-8/h3-5,8,14H,1-2,6-7H2. The summed E-state index contributed by atoms with van der Waals surface area (Å²) in [5.74, 6) is -0.670. The third kappa shape index (κ3) is 2.89. The van der Waals surface area contributed by atoms with Crippen LogP contribution in [0.2, 0.25) is 0 Å². The summed E-state index contributed by atoms with van der Waals surface area (Å²) in [6.07, 6.45) is 1.00. The Morgan fingerprint density at radius 3 is 2.60 bits per heavy atom. The zero-order valence-electron chi connectivity index (χ0n) is 8.30. The molecule has 1 aliphatic heterocycles. The Balaban J connectivity index is 1.92. The van der Waals surface area contributed by atoms with Gasteiger partial charge in [0.1, 0.15) is 11.6 Å². The number of nitrogens with one attached hydrogen (secondary N) is 1. The van der Waals surface area contributed by atoms with E-state index < -0.39 is 11.6 Å². The predicted octanol–water partition coefficient (Wildman–Crippen LogP) is 2.41. The fourth-order valence-electron chi connectivity index (χ4n) is 1.66. The second-order valence-corrected chi connectivity index (χ2v) is 3.77. The van der Waals surface area contributed by atoms with Crippen LogP contribution in [0.4, 0.5) is 14.5 Å². The minimum Gasteiger partial charge on any atom is -0.385 e. The molecule has 0 amide bonds. The Morgan fingerprint density at radius 2 is 2.00 bits per heavy atom. The van der Waals surface area contributed by atoms with E-state index in [4.69, 9.17) is 4.74 Å². The molecule has 1 aliphatic rings. The average Bonchev–Trinajstić information content (AvgIpc) is 2.65. The number of anilines is 1. The van der Waals surface area contributed by atoms with Crippen LogP contribution in [0.15, 0.2) is 18.2 Å². The first-order valence-corrected chi connectivity index (χ1v) is 5.02. The molecule has 1 fully saturated rings. The van der Waals surface area contributed by atoms with Gasteiger partial charge in [-0.05, 0) is 18.6 Å². The van der Waals surface area contributed by atoms with Gasteiger partial charge in [-0.25, -0.2) is 8.78 Å². The summed E-state index contributed by atoms with van der Waals surface area (Å²) >= 11 is 0. The molecule has 1 N–H and O–H groups in total. The summed E-state index contributed by atoms with van der Waals surface area (Å²) in [6, 6.07) is 3.45. The highest BCUT2D eigenvalue weighted by atomic mass is 19.1. The van der Waals surface area contributed by atoms with E-state index in [0.29, 0.717) is 18.2 Å². The van der Waals surface area contributed by atoms with Gasteiger partial charge in [0.05, 0.1) is 6.61 Å². The lowest BCUT2D eigenvalue weighted by Crippen LogP contribution is -2.14. The first-order chi connectivity index (χ1) is 7.24. The first-order valence-electron chi connectivity index (χ1n) is 5.02. The first kappa shape index (κ1) is 10.4. The SMILES string of the molecule is Fc1cc(F)cc(NCC2CCOC2)c1. The molecule has 1 atom stereocenters. The van der Waals surface area contributed by atoms with Crippen molar-refractivity contribution in [1.82, 2.24) is 0 Å².